The van der Waals surface area contributed by atoms with Gasteiger partial charge in [-0.25, -0.2) is 0 Å². The summed E-state index contributed by atoms with van der Waals surface area (Å²) >= 11 is 0. The molecule has 23 heavy (non-hydrogen) atoms. The first-order valence-electron chi connectivity index (χ1n) is 8.97. The van der Waals surface area contributed by atoms with Gasteiger partial charge in [-0.3, -0.25) is 9.59 Å². The van der Waals surface area contributed by atoms with Crippen LogP contribution in [-0.2, 0) is 14.3 Å². The van der Waals surface area contributed by atoms with E-state index in [0.717, 1.165) is 25.7 Å². The standard InChI is InChI=1S/C19H26O4/c1-18-8-7-12(20)9-11(18)3-4-13-14-5-6-16(22)23-19(14,2)10-15(21)17(13)18/h9,13-15,17,21H,3-8,10H2,1-2H3/t13-,14-,15+,17?,18-,19-/m0/s1. The SMILES string of the molecule is C[C@]12CCC(=O)C=C1CC[C@@H]1C2[C@H](O)C[C@]2(C)OC(=O)CC[C@@H]12. The van der Waals surface area contributed by atoms with Gasteiger partial charge in [0, 0.05) is 25.2 Å². The number of fused-ring (bicyclic) bond motifs is 5. The smallest absolute Gasteiger partial charge is 0.306 e. The van der Waals surface area contributed by atoms with Crippen LogP contribution in [0.2, 0.25) is 0 Å². The van der Waals surface area contributed by atoms with Crippen molar-refractivity contribution in [2.45, 2.75) is 70.5 Å². The predicted molar refractivity (Wildman–Crippen MR) is 84.5 cm³/mol. The summed E-state index contributed by atoms with van der Waals surface area (Å²) in [5.74, 6) is 1.01. The minimum Gasteiger partial charge on any atom is -0.459 e. The third-order valence-electron chi connectivity index (χ3n) is 7.24. The normalized spacial score (nSPS) is 49.4. The Morgan fingerprint density at radius 1 is 1.17 bits per heavy atom. The highest BCUT2D eigenvalue weighted by molar-refractivity contribution is 5.91. The van der Waals surface area contributed by atoms with Crippen molar-refractivity contribution < 1.29 is 19.4 Å². The minimum absolute atomic E-state index is 0.0704. The van der Waals surface area contributed by atoms with Gasteiger partial charge in [-0.15, -0.1) is 0 Å². The Morgan fingerprint density at radius 2 is 1.96 bits per heavy atom. The van der Waals surface area contributed by atoms with Gasteiger partial charge in [0.15, 0.2) is 5.78 Å². The molecule has 4 aliphatic rings. The van der Waals surface area contributed by atoms with Crippen LogP contribution >= 0.6 is 0 Å². The number of ketones is 1. The van der Waals surface area contributed by atoms with Gasteiger partial charge in [-0.1, -0.05) is 12.5 Å². The average Bonchev–Trinajstić information content (AvgIpc) is 2.46. The molecule has 4 nitrogen and oxygen atoms in total. The minimum atomic E-state index is -0.516. The number of hydrogen-bond acceptors (Lipinski definition) is 4. The molecule has 2 saturated carbocycles. The van der Waals surface area contributed by atoms with Crippen LogP contribution in [0.1, 0.15) is 58.8 Å². The molecule has 0 aromatic heterocycles. The topological polar surface area (TPSA) is 63.6 Å². The van der Waals surface area contributed by atoms with E-state index in [0.29, 0.717) is 31.1 Å². The molecule has 1 unspecified atom stereocenters. The van der Waals surface area contributed by atoms with Gasteiger partial charge in [0.2, 0.25) is 0 Å². The van der Waals surface area contributed by atoms with Gasteiger partial charge >= 0.3 is 5.97 Å². The number of aliphatic hydroxyl groups is 1. The largest absolute Gasteiger partial charge is 0.459 e. The van der Waals surface area contributed by atoms with Crippen molar-refractivity contribution >= 4 is 11.8 Å². The van der Waals surface area contributed by atoms with Crippen molar-refractivity contribution in [3.8, 4) is 0 Å². The third-order valence-corrected chi connectivity index (χ3v) is 7.24. The second kappa shape index (κ2) is 4.92. The highest BCUT2D eigenvalue weighted by atomic mass is 16.6. The molecule has 1 saturated heterocycles. The zero-order valence-electron chi connectivity index (χ0n) is 14.0. The highest BCUT2D eigenvalue weighted by Gasteiger charge is 2.60. The Balaban J connectivity index is 1.72. The molecule has 1 N–H and O–H groups in total. The van der Waals surface area contributed by atoms with E-state index in [9.17, 15) is 14.7 Å². The van der Waals surface area contributed by atoms with Crippen molar-refractivity contribution in [1.82, 2.24) is 0 Å². The van der Waals surface area contributed by atoms with Gasteiger partial charge in [0.05, 0.1) is 6.10 Å². The van der Waals surface area contributed by atoms with Crippen molar-refractivity contribution in [2.24, 2.45) is 23.2 Å². The molecule has 0 amide bonds. The maximum absolute atomic E-state index is 11.8. The van der Waals surface area contributed by atoms with Crippen LogP contribution in [0.25, 0.3) is 0 Å². The van der Waals surface area contributed by atoms with Gasteiger partial charge in [-0.2, -0.15) is 0 Å². The van der Waals surface area contributed by atoms with Crippen LogP contribution in [0.4, 0.5) is 0 Å². The first-order valence-corrected chi connectivity index (χ1v) is 8.97. The lowest BCUT2D eigenvalue weighted by Crippen LogP contribution is -2.61. The Bertz CT molecular complexity index is 594. The summed E-state index contributed by atoms with van der Waals surface area (Å²) in [6.07, 6.45) is 6.66. The molecule has 1 heterocycles. The van der Waals surface area contributed by atoms with E-state index in [1.807, 2.05) is 13.0 Å². The lowest BCUT2D eigenvalue weighted by molar-refractivity contribution is -0.212. The highest BCUT2D eigenvalue weighted by Crippen LogP contribution is 2.61. The molecule has 4 heteroatoms. The zero-order valence-corrected chi connectivity index (χ0v) is 14.0. The summed E-state index contributed by atoms with van der Waals surface area (Å²) in [5.41, 5.74) is 0.655. The summed E-state index contributed by atoms with van der Waals surface area (Å²) in [6, 6.07) is 0. The Kier molecular flexibility index (Phi) is 3.29. The fourth-order valence-electron chi connectivity index (χ4n) is 6.22. The molecule has 126 valence electrons. The van der Waals surface area contributed by atoms with E-state index in [1.54, 1.807) is 0 Å². The fraction of sp³-hybridized carbons (Fsp3) is 0.789. The lowest BCUT2D eigenvalue weighted by atomic mass is 9.47. The quantitative estimate of drug-likeness (QED) is 0.698. The number of carbonyl (C=O) groups is 2. The van der Waals surface area contributed by atoms with Crippen molar-refractivity contribution in [2.75, 3.05) is 0 Å². The molecular weight excluding hydrogens is 292 g/mol. The molecule has 6 atom stereocenters. The number of rotatable bonds is 0. The van der Waals surface area contributed by atoms with Crippen molar-refractivity contribution in [3.63, 3.8) is 0 Å². The molecule has 0 bridgehead atoms. The van der Waals surface area contributed by atoms with Crippen LogP contribution in [-0.4, -0.2) is 28.6 Å². The number of ether oxygens (including phenoxy) is 1. The van der Waals surface area contributed by atoms with Gasteiger partial charge in [0.1, 0.15) is 5.60 Å². The average molecular weight is 318 g/mol. The maximum atomic E-state index is 11.8. The van der Waals surface area contributed by atoms with Gasteiger partial charge in [-0.05, 0) is 55.9 Å². The van der Waals surface area contributed by atoms with Crippen LogP contribution in [0.3, 0.4) is 0 Å². The maximum Gasteiger partial charge on any atom is 0.306 e. The second-order valence-electron chi connectivity index (χ2n) is 8.49. The van der Waals surface area contributed by atoms with E-state index < -0.39 is 11.7 Å². The molecule has 3 fully saturated rings. The first kappa shape index (κ1) is 15.4. The molecule has 0 radical (unpaired) electrons. The van der Waals surface area contributed by atoms with Gasteiger partial charge in [0.25, 0.3) is 0 Å². The van der Waals surface area contributed by atoms with Crippen LogP contribution < -0.4 is 0 Å². The molecule has 1 aliphatic heterocycles. The Labute approximate surface area is 137 Å². The van der Waals surface area contributed by atoms with Crippen LogP contribution in [0.5, 0.6) is 0 Å². The number of hydrogen-bond donors (Lipinski definition) is 1. The van der Waals surface area contributed by atoms with E-state index in [4.69, 9.17) is 4.74 Å². The van der Waals surface area contributed by atoms with Crippen LogP contribution in [0.15, 0.2) is 11.6 Å². The van der Waals surface area contributed by atoms with Gasteiger partial charge < -0.3 is 9.84 Å². The summed E-state index contributed by atoms with van der Waals surface area (Å²) in [7, 11) is 0. The van der Waals surface area contributed by atoms with E-state index in [2.05, 4.69) is 6.92 Å². The number of carbonyl (C=O) groups excluding carboxylic acids is 2. The Hall–Kier alpha value is -1.16. The summed E-state index contributed by atoms with van der Waals surface area (Å²) in [6.45, 7) is 4.25. The van der Waals surface area contributed by atoms with E-state index in [1.165, 1.54) is 5.57 Å². The first-order chi connectivity index (χ1) is 10.8. The number of aliphatic hydroxyl groups excluding tert-OH is 1. The zero-order chi connectivity index (χ0) is 16.4. The summed E-state index contributed by atoms with van der Waals surface area (Å²) in [4.78, 5) is 23.6. The monoisotopic (exact) mass is 318 g/mol. The van der Waals surface area contributed by atoms with E-state index >= 15 is 0 Å². The predicted octanol–water partition coefficient (Wildman–Crippen LogP) is 2.78. The summed E-state index contributed by atoms with van der Waals surface area (Å²) in [5, 5.41) is 11.0. The van der Waals surface area contributed by atoms with Crippen molar-refractivity contribution in [1.29, 1.82) is 0 Å². The molecular formula is C19H26O4. The molecule has 4 rings (SSSR count). The fourth-order valence-corrected chi connectivity index (χ4v) is 6.22. The molecule has 0 aromatic carbocycles. The van der Waals surface area contributed by atoms with Crippen LogP contribution in [0, 0.1) is 23.2 Å². The Morgan fingerprint density at radius 3 is 2.74 bits per heavy atom. The number of esters is 1. The molecule has 3 aliphatic carbocycles. The summed E-state index contributed by atoms with van der Waals surface area (Å²) < 4.78 is 5.72. The third kappa shape index (κ3) is 2.14. The van der Waals surface area contributed by atoms with E-state index in [-0.39, 0.29) is 23.1 Å². The second-order valence-corrected chi connectivity index (χ2v) is 8.49. The molecule has 0 spiro atoms. The number of allylic oxidation sites excluding steroid dienone is 2. The van der Waals surface area contributed by atoms with Crippen molar-refractivity contribution in [3.05, 3.63) is 11.6 Å². The molecule has 0 aromatic rings. The lowest BCUT2D eigenvalue weighted by Gasteiger charge is -2.60.